The fourth-order valence-electron chi connectivity index (χ4n) is 1.11. The number of nitrogens with one attached hydrogen (secondary N) is 1. The van der Waals surface area contributed by atoms with Crippen LogP contribution in [0.3, 0.4) is 0 Å². The molecular weight excluding hydrogens is 233 g/mol. The van der Waals surface area contributed by atoms with E-state index in [1.54, 1.807) is 13.8 Å². The standard InChI is InChI=1S/C11H15F3N2O/c1-3-10(2,17)7-16-8-4-5-15-9(6-8)11(12,13)14/h4-6,17H,3,7H2,1-2H3,(H,15,16). The molecule has 1 aromatic rings. The van der Waals surface area contributed by atoms with Gasteiger partial charge in [-0.05, 0) is 25.5 Å². The summed E-state index contributed by atoms with van der Waals surface area (Å²) in [5, 5.41) is 12.5. The Labute approximate surface area is 97.7 Å². The second-order valence-electron chi connectivity index (χ2n) is 4.13. The minimum absolute atomic E-state index is 0.185. The van der Waals surface area contributed by atoms with Gasteiger partial charge in [-0.3, -0.25) is 4.98 Å². The van der Waals surface area contributed by atoms with E-state index in [4.69, 9.17) is 0 Å². The van der Waals surface area contributed by atoms with Crippen LogP contribution >= 0.6 is 0 Å². The van der Waals surface area contributed by atoms with Gasteiger partial charge in [0.2, 0.25) is 0 Å². The van der Waals surface area contributed by atoms with E-state index in [-0.39, 0.29) is 6.54 Å². The normalized spacial score (nSPS) is 15.4. The fourth-order valence-corrected chi connectivity index (χ4v) is 1.11. The number of hydrogen-bond acceptors (Lipinski definition) is 3. The molecule has 2 N–H and O–H groups in total. The van der Waals surface area contributed by atoms with Gasteiger partial charge in [0.15, 0.2) is 0 Å². The summed E-state index contributed by atoms with van der Waals surface area (Å²) in [6.45, 7) is 3.60. The summed E-state index contributed by atoms with van der Waals surface area (Å²) in [5.41, 5.74) is -1.60. The summed E-state index contributed by atoms with van der Waals surface area (Å²) >= 11 is 0. The molecule has 0 spiro atoms. The number of aliphatic hydroxyl groups is 1. The highest BCUT2D eigenvalue weighted by Crippen LogP contribution is 2.28. The van der Waals surface area contributed by atoms with Crippen LogP contribution in [0.25, 0.3) is 0 Å². The average molecular weight is 248 g/mol. The molecule has 3 nitrogen and oxygen atoms in total. The molecule has 0 bridgehead atoms. The molecule has 6 heteroatoms. The first-order chi connectivity index (χ1) is 7.74. The molecule has 0 saturated heterocycles. The zero-order valence-electron chi connectivity index (χ0n) is 9.67. The van der Waals surface area contributed by atoms with Gasteiger partial charge in [0.1, 0.15) is 5.69 Å². The first-order valence-electron chi connectivity index (χ1n) is 5.24. The summed E-state index contributed by atoms with van der Waals surface area (Å²) in [4.78, 5) is 3.25. The molecular formula is C11H15F3N2O. The Balaban J connectivity index is 2.74. The molecule has 96 valence electrons. The summed E-state index contributed by atoms with van der Waals surface area (Å²) in [7, 11) is 0. The van der Waals surface area contributed by atoms with Gasteiger partial charge in [0.25, 0.3) is 0 Å². The van der Waals surface area contributed by atoms with Crippen LogP contribution in [0.4, 0.5) is 18.9 Å². The highest BCUT2D eigenvalue weighted by Gasteiger charge is 2.32. The van der Waals surface area contributed by atoms with Crippen molar-refractivity contribution < 1.29 is 18.3 Å². The molecule has 1 heterocycles. The van der Waals surface area contributed by atoms with Crippen LogP contribution in [-0.4, -0.2) is 22.2 Å². The molecule has 1 rings (SSSR count). The number of nitrogens with zero attached hydrogens (tertiary/aromatic N) is 1. The Morgan fingerprint density at radius 3 is 2.59 bits per heavy atom. The van der Waals surface area contributed by atoms with E-state index in [1.165, 1.54) is 6.07 Å². The van der Waals surface area contributed by atoms with Crippen LogP contribution in [0.2, 0.25) is 0 Å². The molecule has 0 aromatic carbocycles. The van der Waals surface area contributed by atoms with Crippen molar-refractivity contribution in [1.29, 1.82) is 0 Å². The van der Waals surface area contributed by atoms with Gasteiger partial charge in [0.05, 0.1) is 5.60 Å². The summed E-state index contributed by atoms with van der Waals surface area (Å²) < 4.78 is 37.1. The third-order valence-corrected chi connectivity index (χ3v) is 2.49. The number of anilines is 1. The molecule has 0 saturated carbocycles. The Morgan fingerprint density at radius 1 is 1.41 bits per heavy atom. The average Bonchev–Trinajstić information content (AvgIpc) is 2.26. The largest absolute Gasteiger partial charge is 0.433 e. The molecule has 17 heavy (non-hydrogen) atoms. The van der Waals surface area contributed by atoms with Crippen LogP contribution in [0.15, 0.2) is 18.3 Å². The third kappa shape index (κ3) is 4.22. The number of rotatable bonds is 4. The molecule has 1 unspecified atom stereocenters. The summed E-state index contributed by atoms with van der Waals surface area (Å²) in [5.74, 6) is 0. The van der Waals surface area contributed by atoms with E-state index < -0.39 is 17.5 Å². The minimum atomic E-state index is -4.45. The van der Waals surface area contributed by atoms with Crippen molar-refractivity contribution >= 4 is 5.69 Å². The summed E-state index contributed by atoms with van der Waals surface area (Å²) in [6, 6.07) is 2.35. The molecule has 1 atom stereocenters. The predicted octanol–water partition coefficient (Wildman–Crippen LogP) is 2.67. The molecule has 0 radical (unpaired) electrons. The Hall–Kier alpha value is -1.30. The zero-order chi connectivity index (χ0) is 13.1. The lowest BCUT2D eigenvalue weighted by molar-refractivity contribution is -0.141. The number of pyridine rings is 1. The van der Waals surface area contributed by atoms with Gasteiger partial charge in [0, 0.05) is 18.4 Å². The summed E-state index contributed by atoms with van der Waals surface area (Å²) in [6.07, 6.45) is -2.85. The fraction of sp³-hybridized carbons (Fsp3) is 0.545. The van der Waals surface area contributed by atoms with Gasteiger partial charge < -0.3 is 10.4 Å². The number of aromatic nitrogens is 1. The van der Waals surface area contributed by atoms with E-state index in [2.05, 4.69) is 10.3 Å². The van der Waals surface area contributed by atoms with Gasteiger partial charge >= 0.3 is 6.18 Å². The number of alkyl halides is 3. The van der Waals surface area contributed by atoms with Crippen molar-refractivity contribution in [3.8, 4) is 0 Å². The quantitative estimate of drug-likeness (QED) is 0.861. The van der Waals surface area contributed by atoms with Gasteiger partial charge in [-0.15, -0.1) is 0 Å². The maximum Gasteiger partial charge on any atom is 0.433 e. The second kappa shape index (κ2) is 4.91. The van der Waals surface area contributed by atoms with Crippen molar-refractivity contribution in [1.82, 2.24) is 4.98 Å². The van der Waals surface area contributed by atoms with Crippen LogP contribution in [0.5, 0.6) is 0 Å². The van der Waals surface area contributed by atoms with Crippen LogP contribution in [0.1, 0.15) is 26.0 Å². The van der Waals surface area contributed by atoms with E-state index in [1.807, 2.05) is 0 Å². The molecule has 0 aliphatic carbocycles. The number of hydrogen-bond donors (Lipinski definition) is 2. The Bertz CT molecular complexity index is 377. The lowest BCUT2D eigenvalue weighted by Gasteiger charge is -2.22. The molecule has 0 aliphatic heterocycles. The van der Waals surface area contributed by atoms with Crippen LogP contribution in [0, 0.1) is 0 Å². The zero-order valence-corrected chi connectivity index (χ0v) is 9.67. The second-order valence-corrected chi connectivity index (χ2v) is 4.13. The third-order valence-electron chi connectivity index (χ3n) is 2.49. The van der Waals surface area contributed by atoms with Gasteiger partial charge in [-0.1, -0.05) is 6.92 Å². The first-order valence-corrected chi connectivity index (χ1v) is 5.24. The topological polar surface area (TPSA) is 45.1 Å². The van der Waals surface area contributed by atoms with Crippen LogP contribution in [-0.2, 0) is 6.18 Å². The van der Waals surface area contributed by atoms with Crippen molar-refractivity contribution in [2.45, 2.75) is 32.0 Å². The lowest BCUT2D eigenvalue weighted by Crippen LogP contribution is -2.32. The predicted molar refractivity (Wildman–Crippen MR) is 58.6 cm³/mol. The van der Waals surface area contributed by atoms with Gasteiger partial charge in [-0.2, -0.15) is 13.2 Å². The van der Waals surface area contributed by atoms with Crippen molar-refractivity contribution in [2.24, 2.45) is 0 Å². The minimum Gasteiger partial charge on any atom is -0.388 e. The van der Waals surface area contributed by atoms with Gasteiger partial charge in [-0.25, -0.2) is 0 Å². The highest BCUT2D eigenvalue weighted by atomic mass is 19.4. The van der Waals surface area contributed by atoms with E-state index >= 15 is 0 Å². The maximum atomic E-state index is 12.4. The maximum absolute atomic E-state index is 12.4. The highest BCUT2D eigenvalue weighted by molar-refractivity contribution is 5.44. The van der Waals surface area contributed by atoms with Crippen molar-refractivity contribution in [3.63, 3.8) is 0 Å². The number of halogens is 3. The van der Waals surface area contributed by atoms with E-state index in [0.717, 1.165) is 12.3 Å². The first kappa shape index (κ1) is 13.8. The molecule has 0 amide bonds. The Kier molecular flexibility index (Phi) is 3.98. The van der Waals surface area contributed by atoms with E-state index in [9.17, 15) is 18.3 Å². The smallest absolute Gasteiger partial charge is 0.388 e. The molecule has 0 fully saturated rings. The monoisotopic (exact) mass is 248 g/mol. The van der Waals surface area contributed by atoms with Crippen LogP contribution < -0.4 is 5.32 Å². The van der Waals surface area contributed by atoms with Crippen molar-refractivity contribution in [2.75, 3.05) is 11.9 Å². The molecule has 1 aromatic heterocycles. The van der Waals surface area contributed by atoms with Crippen molar-refractivity contribution in [3.05, 3.63) is 24.0 Å². The Morgan fingerprint density at radius 2 is 2.06 bits per heavy atom. The SMILES string of the molecule is CCC(C)(O)CNc1ccnc(C(F)(F)F)c1. The lowest BCUT2D eigenvalue weighted by atomic mass is 10.0. The molecule has 0 aliphatic rings. The van der Waals surface area contributed by atoms with E-state index in [0.29, 0.717) is 12.1 Å².